The fraction of sp³-hybridized carbons (Fsp3) is 0.417. The number of carbonyl (C=O) groups excluding carboxylic acids is 1. The van der Waals surface area contributed by atoms with Gasteiger partial charge in [0.1, 0.15) is 5.75 Å². The quantitative estimate of drug-likeness (QED) is 0.907. The lowest BCUT2D eigenvalue weighted by atomic mass is 10.2. The first-order valence-corrected chi connectivity index (χ1v) is 6.10. The minimum atomic E-state index is -0.0459. The maximum absolute atomic E-state index is 11.8. The lowest BCUT2D eigenvalue weighted by Crippen LogP contribution is -2.26. The Kier molecular flexibility index (Phi) is 5.44. The monoisotopic (exact) mass is 301 g/mol. The van der Waals surface area contributed by atoms with Crippen LogP contribution in [0.15, 0.2) is 22.7 Å². The van der Waals surface area contributed by atoms with Crippen molar-refractivity contribution in [2.75, 3.05) is 25.7 Å². The van der Waals surface area contributed by atoms with Crippen molar-refractivity contribution in [2.45, 2.75) is 12.8 Å². The van der Waals surface area contributed by atoms with E-state index in [0.717, 1.165) is 4.47 Å². The minimum absolute atomic E-state index is 0.0230. The Morgan fingerprint density at radius 3 is 2.82 bits per heavy atom. The van der Waals surface area contributed by atoms with Crippen molar-refractivity contribution in [3.8, 4) is 5.75 Å². The number of hydrogen-bond donors (Lipinski definition) is 1. The summed E-state index contributed by atoms with van der Waals surface area (Å²) in [6.45, 7) is 0.0230. The van der Waals surface area contributed by atoms with Crippen LogP contribution in [0.25, 0.3) is 0 Å². The molecule has 5 heteroatoms. The van der Waals surface area contributed by atoms with E-state index >= 15 is 0 Å². The van der Waals surface area contributed by atoms with E-state index in [0.29, 0.717) is 24.3 Å². The molecule has 1 aromatic carbocycles. The third-order valence-corrected chi connectivity index (χ3v) is 2.92. The van der Waals surface area contributed by atoms with Crippen molar-refractivity contribution in [1.82, 2.24) is 0 Å². The molecule has 0 fully saturated rings. The van der Waals surface area contributed by atoms with E-state index < -0.39 is 0 Å². The van der Waals surface area contributed by atoms with Gasteiger partial charge in [0.05, 0.1) is 12.8 Å². The van der Waals surface area contributed by atoms with Gasteiger partial charge < -0.3 is 14.7 Å². The predicted octanol–water partition coefficient (Wildman–Crippen LogP) is 2.19. The molecule has 0 heterocycles. The Labute approximate surface area is 109 Å². The van der Waals surface area contributed by atoms with Gasteiger partial charge in [-0.1, -0.05) is 15.9 Å². The molecule has 0 spiro atoms. The van der Waals surface area contributed by atoms with Crippen molar-refractivity contribution in [1.29, 1.82) is 0 Å². The highest BCUT2D eigenvalue weighted by atomic mass is 79.9. The smallest absolute Gasteiger partial charge is 0.226 e. The third-order valence-electron chi connectivity index (χ3n) is 2.43. The van der Waals surface area contributed by atoms with Gasteiger partial charge in [0.2, 0.25) is 5.91 Å². The maximum atomic E-state index is 11.8. The molecular formula is C12H16BrNO3. The number of aliphatic hydroxyl groups excluding tert-OH is 1. The third kappa shape index (κ3) is 3.71. The van der Waals surface area contributed by atoms with E-state index in [-0.39, 0.29) is 12.5 Å². The van der Waals surface area contributed by atoms with Crippen LogP contribution in [-0.4, -0.2) is 31.8 Å². The predicted molar refractivity (Wildman–Crippen MR) is 70.4 cm³/mol. The molecule has 0 aliphatic carbocycles. The largest absolute Gasteiger partial charge is 0.495 e. The molecule has 4 nitrogen and oxygen atoms in total. The van der Waals surface area contributed by atoms with Crippen LogP contribution in [0.1, 0.15) is 12.8 Å². The number of hydrogen-bond acceptors (Lipinski definition) is 3. The van der Waals surface area contributed by atoms with E-state index in [9.17, 15) is 4.79 Å². The standard InChI is InChI=1S/C12H16BrNO3/c1-14(12(16)4-3-7-15)10-8-9(13)5-6-11(10)17-2/h5-6,8,15H,3-4,7H2,1-2H3. The Morgan fingerprint density at radius 1 is 1.53 bits per heavy atom. The fourth-order valence-corrected chi connectivity index (χ4v) is 1.81. The zero-order valence-electron chi connectivity index (χ0n) is 9.94. The number of halogens is 1. The van der Waals surface area contributed by atoms with Crippen LogP contribution in [-0.2, 0) is 4.79 Å². The van der Waals surface area contributed by atoms with Gasteiger partial charge in [-0.2, -0.15) is 0 Å². The van der Waals surface area contributed by atoms with Gasteiger partial charge in [-0.15, -0.1) is 0 Å². The molecule has 17 heavy (non-hydrogen) atoms. The summed E-state index contributed by atoms with van der Waals surface area (Å²) in [7, 11) is 3.27. The second kappa shape index (κ2) is 6.61. The summed E-state index contributed by atoms with van der Waals surface area (Å²) in [5.74, 6) is 0.600. The van der Waals surface area contributed by atoms with E-state index in [4.69, 9.17) is 9.84 Å². The molecule has 0 radical (unpaired) electrons. The Bertz CT molecular complexity index is 395. The number of methoxy groups -OCH3 is 1. The number of rotatable bonds is 5. The van der Waals surface area contributed by atoms with E-state index in [1.54, 1.807) is 25.1 Å². The van der Waals surface area contributed by atoms with Gasteiger partial charge in [0.15, 0.2) is 0 Å². The molecule has 0 aliphatic heterocycles. The van der Waals surface area contributed by atoms with Crippen LogP contribution in [0, 0.1) is 0 Å². The topological polar surface area (TPSA) is 49.8 Å². The summed E-state index contributed by atoms with van der Waals surface area (Å²) >= 11 is 3.36. The Balaban J connectivity index is 2.90. The molecule has 1 amide bonds. The maximum Gasteiger partial charge on any atom is 0.226 e. The number of carbonyl (C=O) groups is 1. The highest BCUT2D eigenvalue weighted by Gasteiger charge is 2.15. The highest BCUT2D eigenvalue weighted by molar-refractivity contribution is 9.10. The summed E-state index contributed by atoms with van der Waals surface area (Å²) < 4.78 is 6.10. The van der Waals surface area contributed by atoms with Crippen molar-refractivity contribution in [3.05, 3.63) is 22.7 Å². The molecular weight excluding hydrogens is 286 g/mol. The molecule has 0 aromatic heterocycles. The summed E-state index contributed by atoms with van der Waals surface area (Å²) in [6, 6.07) is 5.49. The zero-order valence-corrected chi connectivity index (χ0v) is 11.5. The Hall–Kier alpha value is -1.07. The molecule has 0 unspecified atom stereocenters. The van der Waals surface area contributed by atoms with Crippen molar-refractivity contribution in [3.63, 3.8) is 0 Å². The summed E-state index contributed by atoms with van der Waals surface area (Å²) in [5.41, 5.74) is 0.713. The summed E-state index contributed by atoms with van der Waals surface area (Å²) in [5, 5.41) is 8.71. The molecule has 0 atom stereocenters. The van der Waals surface area contributed by atoms with Crippen molar-refractivity contribution >= 4 is 27.5 Å². The van der Waals surface area contributed by atoms with Crippen LogP contribution >= 0.6 is 15.9 Å². The molecule has 0 saturated heterocycles. The van der Waals surface area contributed by atoms with Gasteiger partial charge >= 0.3 is 0 Å². The second-order valence-corrected chi connectivity index (χ2v) is 4.51. The van der Waals surface area contributed by atoms with Crippen molar-refractivity contribution < 1.29 is 14.6 Å². The Morgan fingerprint density at radius 2 is 2.24 bits per heavy atom. The molecule has 0 aliphatic rings. The number of benzene rings is 1. The highest BCUT2D eigenvalue weighted by Crippen LogP contribution is 2.31. The molecule has 1 rings (SSSR count). The SMILES string of the molecule is COc1ccc(Br)cc1N(C)C(=O)CCCO. The first-order valence-electron chi connectivity index (χ1n) is 5.31. The van der Waals surface area contributed by atoms with Crippen LogP contribution in [0.3, 0.4) is 0 Å². The fourth-order valence-electron chi connectivity index (χ4n) is 1.46. The minimum Gasteiger partial charge on any atom is -0.495 e. The molecule has 0 saturated carbocycles. The number of ether oxygens (including phenoxy) is 1. The van der Waals surface area contributed by atoms with Gasteiger partial charge in [-0.05, 0) is 24.6 Å². The van der Waals surface area contributed by atoms with Crippen LogP contribution < -0.4 is 9.64 Å². The van der Waals surface area contributed by atoms with Crippen LogP contribution in [0.4, 0.5) is 5.69 Å². The van der Waals surface area contributed by atoms with Gasteiger partial charge in [0.25, 0.3) is 0 Å². The lowest BCUT2D eigenvalue weighted by molar-refractivity contribution is -0.118. The van der Waals surface area contributed by atoms with Crippen LogP contribution in [0.2, 0.25) is 0 Å². The van der Waals surface area contributed by atoms with Gasteiger partial charge in [-0.3, -0.25) is 4.79 Å². The summed E-state index contributed by atoms with van der Waals surface area (Å²) in [6.07, 6.45) is 0.794. The normalized spacial score (nSPS) is 10.1. The summed E-state index contributed by atoms with van der Waals surface area (Å²) in [4.78, 5) is 13.4. The van der Waals surface area contributed by atoms with Crippen LogP contribution in [0.5, 0.6) is 5.75 Å². The van der Waals surface area contributed by atoms with Gasteiger partial charge in [0, 0.05) is 24.5 Å². The van der Waals surface area contributed by atoms with E-state index in [1.807, 2.05) is 12.1 Å². The lowest BCUT2D eigenvalue weighted by Gasteiger charge is -2.20. The molecule has 1 aromatic rings. The average molecular weight is 302 g/mol. The number of nitrogens with zero attached hydrogens (tertiary/aromatic N) is 1. The number of anilines is 1. The van der Waals surface area contributed by atoms with E-state index in [1.165, 1.54) is 0 Å². The first kappa shape index (κ1) is 14.0. The van der Waals surface area contributed by atoms with E-state index in [2.05, 4.69) is 15.9 Å². The zero-order chi connectivity index (χ0) is 12.8. The second-order valence-electron chi connectivity index (χ2n) is 3.60. The van der Waals surface area contributed by atoms with Gasteiger partial charge in [-0.25, -0.2) is 0 Å². The number of aliphatic hydroxyl groups is 1. The average Bonchev–Trinajstić information content (AvgIpc) is 2.34. The number of amides is 1. The molecule has 94 valence electrons. The van der Waals surface area contributed by atoms with Crippen molar-refractivity contribution in [2.24, 2.45) is 0 Å². The molecule has 1 N–H and O–H groups in total. The molecule has 0 bridgehead atoms. The first-order chi connectivity index (χ1) is 8.10.